The monoisotopic (exact) mass is 419 g/mol. The summed E-state index contributed by atoms with van der Waals surface area (Å²) in [5, 5.41) is 14.0. The van der Waals surface area contributed by atoms with Crippen molar-refractivity contribution >= 4 is 5.97 Å². The normalized spacial score (nSPS) is 11.1. The van der Waals surface area contributed by atoms with E-state index in [9.17, 15) is 14.7 Å². The van der Waals surface area contributed by atoms with E-state index in [1.165, 1.54) is 0 Å². The lowest BCUT2D eigenvalue weighted by atomic mass is 9.99. The zero-order valence-electron chi connectivity index (χ0n) is 18.1. The fraction of sp³-hybridized carbons (Fsp3) is 0.320. The predicted molar refractivity (Wildman–Crippen MR) is 122 cm³/mol. The summed E-state index contributed by atoms with van der Waals surface area (Å²) < 4.78 is 3.29. The summed E-state index contributed by atoms with van der Waals surface area (Å²) in [5.41, 5.74) is 2.63. The van der Waals surface area contributed by atoms with Crippen molar-refractivity contribution < 1.29 is 9.90 Å². The first kappa shape index (κ1) is 22.3. The summed E-state index contributed by atoms with van der Waals surface area (Å²) in [6, 6.07) is 14.6. The minimum absolute atomic E-state index is 0.0972. The number of rotatable bonds is 10. The van der Waals surface area contributed by atoms with E-state index in [4.69, 9.17) is 0 Å². The van der Waals surface area contributed by atoms with Gasteiger partial charge in [0.2, 0.25) is 0 Å². The Hall–Kier alpha value is -3.41. The Balaban J connectivity index is 1.87. The van der Waals surface area contributed by atoms with Gasteiger partial charge in [-0.2, -0.15) is 5.10 Å². The highest BCUT2D eigenvalue weighted by molar-refractivity contribution is 5.95. The molecule has 3 aromatic rings. The van der Waals surface area contributed by atoms with Crippen molar-refractivity contribution in [3.63, 3.8) is 0 Å². The van der Waals surface area contributed by atoms with Gasteiger partial charge in [-0.15, -0.1) is 6.58 Å². The minimum atomic E-state index is -0.952. The quantitative estimate of drug-likeness (QED) is 0.486. The second kappa shape index (κ2) is 10.1. The Kier molecular flexibility index (Phi) is 7.23. The Morgan fingerprint density at radius 3 is 2.52 bits per heavy atom. The number of carboxylic acid groups (broad SMARTS) is 1. The zero-order valence-corrected chi connectivity index (χ0v) is 18.1. The standard InChI is InChI=1S/C25H29N3O3/c1-4-5-10-23-26-28(16-15-18(2)3)25(31)27(23)17-19-11-13-20(14-12-19)21-8-6-7-9-22(21)24(29)30/h4,6-9,11-14,18H,1,5,10,15-17H2,2-3H3,(H,29,30). The van der Waals surface area contributed by atoms with Gasteiger partial charge in [-0.05, 0) is 41.5 Å². The number of carbonyl (C=O) groups is 1. The van der Waals surface area contributed by atoms with Gasteiger partial charge in [0.1, 0.15) is 5.82 Å². The fourth-order valence-corrected chi connectivity index (χ4v) is 3.48. The maximum atomic E-state index is 13.0. The highest BCUT2D eigenvalue weighted by Gasteiger charge is 2.15. The van der Waals surface area contributed by atoms with Crippen molar-refractivity contribution in [2.75, 3.05) is 0 Å². The number of carboxylic acids is 1. The van der Waals surface area contributed by atoms with Crippen LogP contribution in [0.3, 0.4) is 0 Å². The number of aryl methyl sites for hydroxylation is 2. The summed E-state index contributed by atoms with van der Waals surface area (Å²) in [4.78, 5) is 24.5. The lowest BCUT2D eigenvalue weighted by Gasteiger charge is -2.09. The Labute approximate surface area is 182 Å². The molecule has 1 N–H and O–H groups in total. The zero-order chi connectivity index (χ0) is 22.4. The molecule has 162 valence electrons. The maximum absolute atomic E-state index is 13.0. The minimum Gasteiger partial charge on any atom is -0.478 e. The third-order valence-electron chi connectivity index (χ3n) is 5.25. The van der Waals surface area contributed by atoms with Crippen LogP contribution in [-0.4, -0.2) is 25.4 Å². The number of nitrogens with zero attached hydrogens (tertiary/aromatic N) is 3. The molecule has 0 amide bonds. The molecule has 0 unspecified atom stereocenters. The molecule has 2 aromatic carbocycles. The average Bonchev–Trinajstić information content (AvgIpc) is 3.06. The predicted octanol–water partition coefficient (Wildman–Crippen LogP) is 4.62. The van der Waals surface area contributed by atoms with Crippen LogP contribution in [0.15, 0.2) is 66.0 Å². The van der Waals surface area contributed by atoms with Gasteiger partial charge in [-0.1, -0.05) is 62.4 Å². The lowest BCUT2D eigenvalue weighted by molar-refractivity contribution is 0.0697. The summed E-state index contributed by atoms with van der Waals surface area (Å²) in [6.07, 6.45) is 4.15. The molecule has 0 saturated heterocycles. The van der Waals surface area contributed by atoms with E-state index in [1.807, 2.05) is 36.4 Å². The molecule has 0 bridgehead atoms. The summed E-state index contributed by atoms with van der Waals surface area (Å²) in [5.74, 6) is 0.302. The molecule has 0 atom stereocenters. The van der Waals surface area contributed by atoms with Crippen LogP contribution < -0.4 is 5.69 Å². The van der Waals surface area contributed by atoms with Crippen LogP contribution in [0.4, 0.5) is 0 Å². The fourth-order valence-electron chi connectivity index (χ4n) is 3.48. The van der Waals surface area contributed by atoms with Crippen LogP contribution in [0.2, 0.25) is 0 Å². The van der Waals surface area contributed by atoms with E-state index in [-0.39, 0.29) is 11.3 Å². The Morgan fingerprint density at radius 2 is 1.87 bits per heavy atom. The van der Waals surface area contributed by atoms with Crippen LogP contribution in [0.25, 0.3) is 11.1 Å². The number of benzene rings is 2. The van der Waals surface area contributed by atoms with Crippen molar-refractivity contribution in [1.82, 2.24) is 14.3 Å². The van der Waals surface area contributed by atoms with E-state index in [0.717, 1.165) is 29.8 Å². The first-order valence-electron chi connectivity index (χ1n) is 10.6. The topological polar surface area (TPSA) is 77.1 Å². The van der Waals surface area contributed by atoms with Crippen molar-refractivity contribution in [2.45, 2.75) is 46.2 Å². The van der Waals surface area contributed by atoms with Gasteiger partial charge in [-0.25, -0.2) is 14.3 Å². The number of aromatic nitrogens is 3. The Bertz CT molecular complexity index is 1110. The van der Waals surface area contributed by atoms with Crippen LogP contribution >= 0.6 is 0 Å². The second-order valence-corrected chi connectivity index (χ2v) is 8.07. The molecule has 0 aliphatic heterocycles. The van der Waals surface area contributed by atoms with E-state index in [1.54, 1.807) is 27.4 Å². The maximum Gasteiger partial charge on any atom is 0.346 e. The molecule has 6 heteroatoms. The van der Waals surface area contributed by atoms with Gasteiger partial charge in [0.25, 0.3) is 0 Å². The molecule has 31 heavy (non-hydrogen) atoms. The molecular formula is C25H29N3O3. The van der Waals surface area contributed by atoms with Gasteiger partial charge in [0.15, 0.2) is 0 Å². The van der Waals surface area contributed by atoms with Gasteiger partial charge in [-0.3, -0.25) is 4.57 Å². The van der Waals surface area contributed by atoms with Crippen molar-refractivity contribution in [1.29, 1.82) is 0 Å². The van der Waals surface area contributed by atoms with Crippen LogP contribution in [0.1, 0.15) is 48.4 Å². The molecule has 0 aliphatic carbocycles. The number of hydrogen-bond donors (Lipinski definition) is 1. The third kappa shape index (κ3) is 5.40. The molecule has 0 saturated carbocycles. The van der Waals surface area contributed by atoms with Crippen LogP contribution in [0, 0.1) is 5.92 Å². The highest BCUT2D eigenvalue weighted by atomic mass is 16.4. The molecule has 3 rings (SSSR count). The first-order chi connectivity index (χ1) is 14.9. The SMILES string of the molecule is C=CCCc1nn(CCC(C)C)c(=O)n1Cc1ccc(-c2ccccc2C(=O)O)cc1. The summed E-state index contributed by atoms with van der Waals surface area (Å²) in [7, 11) is 0. The third-order valence-corrected chi connectivity index (χ3v) is 5.25. The first-order valence-corrected chi connectivity index (χ1v) is 10.6. The lowest BCUT2D eigenvalue weighted by Crippen LogP contribution is -2.26. The van der Waals surface area contributed by atoms with E-state index < -0.39 is 5.97 Å². The molecule has 0 fully saturated rings. The molecule has 0 aliphatic rings. The highest BCUT2D eigenvalue weighted by Crippen LogP contribution is 2.24. The van der Waals surface area contributed by atoms with Crippen molar-refractivity contribution in [3.05, 3.63) is 88.6 Å². The van der Waals surface area contributed by atoms with E-state index in [2.05, 4.69) is 25.5 Å². The smallest absolute Gasteiger partial charge is 0.346 e. The van der Waals surface area contributed by atoms with Gasteiger partial charge in [0, 0.05) is 13.0 Å². The van der Waals surface area contributed by atoms with Crippen molar-refractivity contribution in [2.24, 2.45) is 5.92 Å². The molecule has 0 spiro atoms. The summed E-state index contributed by atoms with van der Waals surface area (Å²) >= 11 is 0. The Morgan fingerprint density at radius 1 is 1.16 bits per heavy atom. The van der Waals surface area contributed by atoms with Crippen LogP contribution in [0.5, 0.6) is 0 Å². The second-order valence-electron chi connectivity index (χ2n) is 8.07. The molecule has 6 nitrogen and oxygen atoms in total. The summed E-state index contributed by atoms with van der Waals surface area (Å²) in [6.45, 7) is 9.06. The molecule has 0 radical (unpaired) electrons. The number of allylic oxidation sites excluding steroid dienone is 1. The molecule has 1 heterocycles. The number of hydrogen-bond acceptors (Lipinski definition) is 3. The van der Waals surface area contributed by atoms with E-state index >= 15 is 0 Å². The van der Waals surface area contributed by atoms with Crippen LogP contribution in [-0.2, 0) is 19.5 Å². The van der Waals surface area contributed by atoms with Gasteiger partial charge in [0.05, 0.1) is 12.1 Å². The van der Waals surface area contributed by atoms with Gasteiger partial charge < -0.3 is 5.11 Å². The van der Waals surface area contributed by atoms with E-state index in [0.29, 0.717) is 31.0 Å². The largest absolute Gasteiger partial charge is 0.478 e. The molecule has 1 aromatic heterocycles. The molecular weight excluding hydrogens is 390 g/mol. The average molecular weight is 420 g/mol. The van der Waals surface area contributed by atoms with Gasteiger partial charge >= 0.3 is 11.7 Å². The number of aromatic carboxylic acids is 1. The van der Waals surface area contributed by atoms with Crippen molar-refractivity contribution in [3.8, 4) is 11.1 Å².